The highest BCUT2D eigenvalue weighted by Gasteiger charge is 2.33. The van der Waals surface area contributed by atoms with Crippen molar-refractivity contribution in [2.75, 3.05) is 32.6 Å². The first-order chi connectivity index (χ1) is 12.8. The van der Waals surface area contributed by atoms with Gasteiger partial charge in [0, 0.05) is 42.7 Å². The molecule has 3 heterocycles. The van der Waals surface area contributed by atoms with E-state index in [9.17, 15) is 4.79 Å². The lowest BCUT2D eigenvalue weighted by molar-refractivity contribution is -0.0969. The Labute approximate surface area is 157 Å². The second-order valence-corrected chi connectivity index (χ2v) is 7.37. The number of ether oxygens (including phenoxy) is 2. The van der Waals surface area contributed by atoms with Gasteiger partial charge in [0.2, 0.25) is 0 Å². The Morgan fingerprint density at radius 3 is 2.96 bits per heavy atom. The molecule has 7 heteroatoms. The molecular weight excluding hydrogens is 350 g/mol. The lowest BCUT2D eigenvalue weighted by Crippen LogP contribution is -2.43. The average molecular weight is 373 g/mol. The zero-order valence-electron chi connectivity index (χ0n) is 14.8. The van der Waals surface area contributed by atoms with Crippen LogP contribution in [-0.4, -0.2) is 59.2 Å². The van der Waals surface area contributed by atoms with Gasteiger partial charge in [0.15, 0.2) is 11.4 Å². The minimum Gasteiger partial charge on any atom is -0.350 e. The molecule has 138 valence electrons. The first-order valence-electron chi connectivity index (χ1n) is 8.96. The summed E-state index contributed by atoms with van der Waals surface area (Å²) >= 11 is 1.58. The van der Waals surface area contributed by atoms with Crippen molar-refractivity contribution in [3.63, 3.8) is 0 Å². The van der Waals surface area contributed by atoms with Gasteiger partial charge in [0.1, 0.15) is 0 Å². The maximum absolute atomic E-state index is 13.1. The summed E-state index contributed by atoms with van der Waals surface area (Å²) in [6.07, 6.45) is 7.55. The average Bonchev–Trinajstić information content (AvgIpc) is 3.39. The molecule has 1 atom stereocenters. The Morgan fingerprint density at radius 1 is 1.31 bits per heavy atom. The number of carbonyl (C=O) groups is 1. The fourth-order valence-corrected chi connectivity index (χ4v) is 4.20. The summed E-state index contributed by atoms with van der Waals surface area (Å²) in [5.41, 5.74) is 1.66. The van der Waals surface area contributed by atoms with Crippen LogP contribution in [0.3, 0.4) is 0 Å². The van der Waals surface area contributed by atoms with Gasteiger partial charge in [0.05, 0.1) is 13.2 Å². The van der Waals surface area contributed by atoms with Gasteiger partial charge in [-0.2, -0.15) is 0 Å². The number of benzene rings is 1. The summed E-state index contributed by atoms with van der Waals surface area (Å²) in [4.78, 5) is 19.3. The quantitative estimate of drug-likeness (QED) is 0.772. The van der Waals surface area contributed by atoms with Gasteiger partial charge < -0.3 is 14.4 Å². The van der Waals surface area contributed by atoms with Crippen molar-refractivity contribution >= 4 is 17.7 Å². The molecule has 4 rings (SSSR count). The zero-order chi connectivity index (χ0) is 17.9. The largest absolute Gasteiger partial charge is 0.350 e. The highest BCUT2D eigenvalue weighted by Crippen LogP contribution is 2.26. The van der Waals surface area contributed by atoms with Gasteiger partial charge in [-0.05, 0) is 37.3 Å². The minimum atomic E-state index is -0.160. The van der Waals surface area contributed by atoms with Gasteiger partial charge >= 0.3 is 0 Å². The standard InChI is InChI=1S/C19H23N3O3S/c1-26-19-20-7-9-22(19)16-6-2-4-14(12-16)17(23)21-8-3-5-15(13-21)18-24-10-11-25-18/h2,4,6-7,9,12,15,18H,3,5,8,10-11,13H2,1H3. The van der Waals surface area contributed by atoms with Crippen molar-refractivity contribution in [1.82, 2.24) is 14.5 Å². The number of rotatable bonds is 4. The van der Waals surface area contributed by atoms with E-state index in [1.54, 1.807) is 18.0 Å². The van der Waals surface area contributed by atoms with Crippen LogP contribution in [0.4, 0.5) is 0 Å². The molecular formula is C19H23N3O3S. The molecule has 1 amide bonds. The first kappa shape index (κ1) is 17.6. The van der Waals surface area contributed by atoms with Crippen molar-refractivity contribution in [2.24, 2.45) is 5.92 Å². The monoisotopic (exact) mass is 373 g/mol. The van der Waals surface area contributed by atoms with Crippen LogP contribution in [0.1, 0.15) is 23.2 Å². The molecule has 2 saturated heterocycles. The van der Waals surface area contributed by atoms with Crippen LogP contribution in [0, 0.1) is 5.92 Å². The molecule has 1 aromatic carbocycles. The lowest BCUT2D eigenvalue weighted by Gasteiger charge is -2.34. The summed E-state index contributed by atoms with van der Waals surface area (Å²) in [5.74, 6) is 0.329. The highest BCUT2D eigenvalue weighted by atomic mass is 32.2. The summed E-state index contributed by atoms with van der Waals surface area (Å²) in [5, 5.41) is 0.906. The molecule has 2 aliphatic heterocycles. The maximum Gasteiger partial charge on any atom is 0.253 e. The number of likely N-dealkylation sites (tertiary alicyclic amines) is 1. The van der Waals surface area contributed by atoms with Gasteiger partial charge in [-0.25, -0.2) is 4.98 Å². The predicted octanol–water partition coefficient (Wildman–Crippen LogP) is 2.82. The summed E-state index contributed by atoms with van der Waals surface area (Å²) in [6.45, 7) is 2.78. The van der Waals surface area contributed by atoms with E-state index in [1.165, 1.54) is 0 Å². The van der Waals surface area contributed by atoms with Crippen molar-refractivity contribution < 1.29 is 14.3 Å². The van der Waals surface area contributed by atoms with E-state index in [0.717, 1.165) is 30.2 Å². The Balaban J connectivity index is 1.51. The number of aromatic nitrogens is 2. The summed E-state index contributed by atoms with van der Waals surface area (Å²) in [7, 11) is 0. The van der Waals surface area contributed by atoms with Crippen molar-refractivity contribution in [3.05, 3.63) is 42.2 Å². The lowest BCUT2D eigenvalue weighted by atomic mass is 9.96. The number of hydrogen-bond donors (Lipinski definition) is 0. The Bertz CT molecular complexity index is 773. The van der Waals surface area contributed by atoms with Gasteiger partial charge in [0.25, 0.3) is 5.91 Å². The molecule has 1 aromatic heterocycles. The number of amides is 1. The Morgan fingerprint density at radius 2 is 2.15 bits per heavy atom. The number of nitrogens with zero attached hydrogens (tertiary/aromatic N) is 3. The Hall–Kier alpha value is -1.83. The van der Waals surface area contributed by atoms with E-state index in [2.05, 4.69) is 4.98 Å². The fourth-order valence-electron chi connectivity index (χ4n) is 3.67. The number of carbonyl (C=O) groups excluding carboxylic acids is 1. The number of thioether (sulfide) groups is 1. The fraction of sp³-hybridized carbons (Fsp3) is 0.474. The first-order valence-corrected chi connectivity index (χ1v) is 10.2. The molecule has 26 heavy (non-hydrogen) atoms. The number of hydrogen-bond acceptors (Lipinski definition) is 5. The van der Waals surface area contributed by atoms with E-state index >= 15 is 0 Å². The second-order valence-electron chi connectivity index (χ2n) is 6.60. The van der Waals surface area contributed by atoms with E-state index in [4.69, 9.17) is 9.47 Å². The minimum absolute atomic E-state index is 0.0698. The number of piperidine rings is 1. The van der Waals surface area contributed by atoms with Crippen LogP contribution >= 0.6 is 11.8 Å². The predicted molar refractivity (Wildman–Crippen MR) is 99.7 cm³/mol. The van der Waals surface area contributed by atoms with Crippen molar-refractivity contribution in [3.8, 4) is 5.69 Å². The normalized spacial score (nSPS) is 21.3. The molecule has 1 unspecified atom stereocenters. The van der Waals surface area contributed by atoms with Crippen LogP contribution in [-0.2, 0) is 9.47 Å². The van der Waals surface area contributed by atoms with Gasteiger partial charge in [-0.15, -0.1) is 0 Å². The Kier molecular flexibility index (Phi) is 5.28. The van der Waals surface area contributed by atoms with E-state index in [1.807, 2.05) is 46.2 Å². The van der Waals surface area contributed by atoms with E-state index < -0.39 is 0 Å². The molecule has 0 radical (unpaired) electrons. The van der Waals surface area contributed by atoms with Crippen LogP contribution in [0.15, 0.2) is 41.8 Å². The SMILES string of the molecule is CSc1nccn1-c1cccc(C(=O)N2CCCC(C3OCCO3)C2)c1. The molecule has 0 N–H and O–H groups in total. The van der Waals surface area contributed by atoms with E-state index in [0.29, 0.717) is 25.3 Å². The van der Waals surface area contributed by atoms with Crippen LogP contribution < -0.4 is 0 Å². The molecule has 2 aromatic rings. The van der Waals surface area contributed by atoms with Crippen molar-refractivity contribution in [1.29, 1.82) is 0 Å². The third kappa shape index (κ3) is 3.51. The van der Waals surface area contributed by atoms with Crippen LogP contribution in [0.5, 0.6) is 0 Å². The third-order valence-electron chi connectivity index (χ3n) is 4.94. The van der Waals surface area contributed by atoms with Crippen molar-refractivity contribution in [2.45, 2.75) is 24.3 Å². The molecule has 0 spiro atoms. The van der Waals surface area contributed by atoms with Gasteiger partial charge in [-0.1, -0.05) is 17.8 Å². The molecule has 0 aliphatic carbocycles. The van der Waals surface area contributed by atoms with Crippen LogP contribution in [0.25, 0.3) is 5.69 Å². The van der Waals surface area contributed by atoms with Gasteiger partial charge in [-0.3, -0.25) is 9.36 Å². The maximum atomic E-state index is 13.1. The molecule has 0 saturated carbocycles. The summed E-state index contributed by atoms with van der Waals surface area (Å²) in [6, 6.07) is 7.75. The highest BCUT2D eigenvalue weighted by molar-refractivity contribution is 7.98. The summed E-state index contributed by atoms with van der Waals surface area (Å²) < 4.78 is 13.3. The molecule has 6 nitrogen and oxygen atoms in total. The second kappa shape index (κ2) is 7.82. The molecule has 2 fully saturated rings. The third-order valence-corrected chi connectivity index (χ3v) is 5.61. The molecule has 0 bridgehead atoms. The molecule has 2 aliphatic rings. The topological polar surface area (TPSA) is 56.6 Å². The van der Waals surface area contributed by atoms with Crippen LogP contribution in [0.2, 0.25) is 0 Å². The smallest absolute Gasteiger partial charge is 0.253 e. The zero-order valence-corrected chi connectivity index (χ0v) is 15.7. The number of imidazole rings is 1. The van der Waals surface area contributed by atoms with E-state index in [-0.39, 0.29) is 18.1 Å².